The SMILES string of the molecule is Clc1ccc2c(c1)C(c1ccccc1)=NCC1=CN(CN3CCCCC3)NN12. The number of fused-ring (bicyclic) bond motifs is 3. The van der Waals surface area contributed by atoms with Crippen LogP contribution in [0.25, 0.3) is 0 Å². The first-order valence-electron chi connectivity index (χ1n) is 9.94. The van der Waals surface area contributed by atoms with E-state index in [1.165, 1.54) is 32.4 Å². The summed E-state index contributed by atoms with van der Waals surface area (Å²) in [5.41, 5.74) is 8.91. The summed E-state index contributed by atoms with van der Waals surface area (Å²) >= 11 is 6.36. The zero-order chi connectivity index (χ0) is 18.9. The topological polar surface area (TPSA) is 34.1 Å². The Hall–Kier alpha value is -2.34. The van der Waals surface area contributed by atoms with Gasteiger partial charge in [0.25, 0.3) is 0 Å². The maximum Gasteiger partial charge on any atom is 0.0875 e. The number of rotatable bonds is 3. The summed E-state index contributed by atoms with van der Waals surface area (Å²) in [4.78, 5) is 7.47. The summed E-state index contributed by atoms with van der Waals surface area (Å²) in [6.45, 7) is 3.85. The second-order valence-corrected chi connectivity index (χ2v) is 7.97. The summed E-state index contributed by atoms with van der Waals surface area (Å²) in [6, 6.07) is 16.4. The third-order valence-electron chi connectivity index (χ3n) is 5.52. The Morgan fingerprint density at radius 1 is 1.00 bits per heavy atom. The van der Waals surface area contributed by atoms with Crippen molar-refractivity contribution in [3.05, 3.63) is 76.6 Å². The van der Waals surface area contributed by atoms with Gasteiger partial charge < -0.3 is 0 Å². The molecular formula is C22H24ClN5. The maximum atomic E-state index is 6.36. The Bertz CT molecular complexity index is 918. The predicted molar refractivity (Wildman–Crippen MR) is 114 cm³/mol. The van der Waals surface area contributed by atoms with Crippen molar-refractivity contribution in [3.8, 4) is 0 Å². The number of benzene rings is 2. The number of likely N-dealkylation sites (tertiary alicyclic amines) is 1. The lowest BCUT2D eigenvalue weighted by Crippen LogP contribution is -2.47. The van der Waals surface area contributed by atoms with Crippen LogP contribution >= 0.6 is 11.6 Å². The molecule has 5 rings (SSSR count). The highest BCUT2D eigenvalue weighted by molar-refractivity contribution is 6.31. The highest BCUT2D eigenvalue weighted by Gasteiger charge is 2.29. The van der Waals surface area contributed by atoms with E-state index in [4.69, 9.17) is 16.6 Å². The van der Waals surface area contributed by atoms with Crippen LogP contribution < -0.4 is 10.5 Å². The third-order valence-corrected chi connectivity index (χ3v) is 5.76. The molecule has 1 fully saturated rings. The lowest BCUT2D eigenvalue weighted by Gasteiger charge is -2.32. The standard InChI is InChI=1S/C22H24ClN5/c23-18-9-10-21-20(13-18)22(17-7-3-1-4-8-17)24-14-19-15-27(25-28(19)21)16-26-11-5-2-6-12-26/h1,3-4,7-10,13,15,25H,2,5-6,11-12,14,16H2. The summed E-state index contributed by atoms with van der Waals surface area (Å²) < 4.78 is 0. The quantitative estimate of drug-likeness (QED) is 0.854. The van der Waals surface area contributed by atoms with E-state index < -0.39 is 0 Å². The first kappa shape index (κ1) is 17.7. The number of halogens is 1. The van der Waals surface area contributed by atoms with E-state index in [0.29, 0.717) is 6.54 Å². The van der Waals surface area contributed by atoms with Crippen LogP contribution in [0.2, 0.25) is 5.02 Å². The van der Waals surface area contributed by atoms with Crippen molar-refractivity contribution in [2.45, 2.75) is 19.3 Å². The number of aliphatic imine (C=N–C) groups is 1. The van der Waals surface area contributed by atoms with E-state index in [9.17, 15) is 0 Å². The van der Waals surface area contributed by atoms with Gasteiger partial charge in [0.15, 0.2) is 0 Å². The minimum Gasteiger partial charge on any atom is -0.285 e. The summed E-state index contributed by atoms with van der Waals surface area (Å²) in [7, 11) is 0. The number of nitrogens with one attached hydrogen (secondary N) is 1. The molecule has 0 atom stereocenters. The molecule has 2 aromatic rings. The van der Waals surface area contributed by atoms with Crippen molar-refractivity contribution < 1.29 is 0 Å². The molecule has 144 valence electrons. The highest BCUT2D eigenvalue weighted by atomic mass is 35.5. The molecule has 3 heterocycles. The highest BCUT2D eigenvalue weighted by Crippen LogP contribution is 2.33. The first-order chi connectivity index (χ1) is 13.8. The summed E-state index contributed by atoms with van der Waals surface area (Å²) in [5, 5.41) is 5.04. The second-order valence-electron chi connectivity index (χ2n) is 7.54. The molecule has 5 nitrogen and oxygen atoms in total. The van der Waals surface area contributed by atoms with Gasteiger partial charge in [0.05, 0.1) is 30.3 Å². The van der Waals surface area contributed by atoms with Crippen LogP contribution in [0.4, 0.5) is 5.69 Å². The molecule has 1 N–H and O–H groups in total. The number of hydrogen-bond acceptors (Lipinski definition) is 5. The molecule has 0 spiro atoms. The van der Waals surface area contributed by atoms with Crippen molar-refractivity contribution in [2.75, 3.05) is 31.3 Å². The largest absolute Gasteiger partial charge is 0.285 e. The van der Waals surface area contributed by atoms with Gasteiger partial charge in [-0.05, 0) is 44.1 Å². The van der Waals surface area contributed by atoms with Crippen molar-refractivity contribution in [2.24, 2.45) is 4.99 Å². The van der Waals surface area contributed by atoms with Crippen molar-refractivity contribution >= 4 is 23.0 Å². The van der Waals surface area contributed by atoms with Gasteiger partial charge in [-0.25, -0.2) is 0 Å². The lowest BCUT2D eigenvalue weighted by atomic mass is 10.0. The molecule has 1 saturated heterocycles. The Morgan fingerprint density at radius 3 is 2.64 bits per heavy atom. The fourth-order valence-corrected chi connectivity index (χ4v) is 4.32. The van der Waals surface area contributed by atoms with Crippen LogP contribution in [0.15, 0.2) is 65.4 Å². The molecule has 3 aliphatic rings. The Kier molecular flexibility index (Phi) is 4.81. The smallest absolute Gasteiger partial charge is 0.0875 e. The monoisotopic (exact) mass is 393 g/mol. The van der Waals surface area contributed by atoms with Crippen LogP contribution in [-0.4, -0.2) is 41.9 Å². The molecule has 28 heavy (non-hydrogen) atoms. The molecule has 0 unspecified atom stereocenters. The summed E-state index contributed by atoms with van der Waals surface area (Å²) in [5.74, 6) is 0. The predicted octanol–water partition coefficient (Wildman–Crippen LogP) is 4.02. The fraction of sp³-hybridized carbons (Fsp3) is 0.318. The van der Waals surface area contributed by atoms with Crippen LogP contribution in [-0.2, 0) is 0 Å². The molecule has 0 saturated carbocycles. The van der Waals surface area contributed by atoms with Crippen LogP contribution in [0.3, 0.4) is 0 Å². The molecule has 0 aliphatic carbocycles. The van der Waals surface area contributed by atoms with E-state index in [1.54, 1.807) is 0 Å². The van der Waals surface area contributed by atoms with Crippen molar-refractivity contribution in [1.82, 2.24) is 15.4 Å². The van der Waals surface area contributed by atoms with Gasteiger partial charge in [0.2, 0.25) is 0 Å². The zero-order valence-corrected chi connectivity index (χ0v) is 16.6. The molecule has 3 aliphatic heterocycles. The van der Waals surface area contributed by atoms with E-state index in [2.05, 4.69) is 44.9 Å². The molecule has 2 aromatic carbocycles. The molecule has 6 heteroatoms. The van der Waals surface area contributed by atoms with Crippen LogP contribution in [0.5, 0.6) is 0 Å². The van der Waals surface area contributed by atoms with Crippen LogP contribution in [0.1, 0.15) is 30.4 Å². The minimum absolute atomic E-state index is 0.625. The maximum absolute atomic E-state index is 6.36. The molecular weight excluding hydrogens is 370 g/mol. The fourth-order valence-electron chi connectivity index (χ4n) is 4.15. The third kappa shape index (κ3) is 3.41. The number of piperidine rings is 1. The van der Waals surface area contributed by atoms with Crippen LogP contribution in [0, 0.1) is 0 Å². The molecule has 0 bridgehead atoms. The van der Waals surface area contributed by atoms with Crippen molar-refractivity contribution in [3.63, 3.8) is 0 Å². The van der Waals surface area contributed by atoms with E-state index in [-0.39, 0.29) is 0 Å². The Balaban J connectivity index is 1.48. The van der Waals surface area contributed by atoms with Gasteiger partial charge in [-0.1, -0.05) is 48.4 Å². The number of nitrogens with zero attached hydrogens (tertiary/aromatic N) is 4. The van der Waals surface area contributed by atoms with Gasteiger partial charge in [0.1, 0.15) is 0 Å². The Morgan fingerprint density at radius 2 is 1.82 bits per heavy atom. The lowest BCUT2D eigenvalue weighted by molar-refractivity contribution is 0.121. The second kappa shape index (κ2) is 7.59. The number of hydrazine groups is 2. The number of hydrogen-bond donors (Lipinski definition) is 1. The molecule has 0 amide bonds. The van der Waals surface area contributed by atoms with E-state index in [1.807, 2.05) is 30.3 Å². The van der Waals surface area contributed by atoms with Gasteiger partial charge in [-0.3, -0.25) is 19.9 Å². The van der Waals surface area contributed by atoms with E-state index in [0.717, 1.165) is 39.9 Å². The van der Waals surface area contributed by atoms with Crippen molar-refractivity contribution in [1.29, 1.82) is 0 Å². The average molecular weight is 394 g/mol. The minimum atomic E-state index is 0.625. The average Bonchev–Trinajstić information content (AvgIpc) is 3.06. The van der Waals surface area contributed by atoms with E-state index >= 15 is 0 Å². The number of anilines is 1. The normalized spacial score (nSPS) is 19.6. The zero-order valence-electron chi connectivity index (χ0n) is 15.8. The van der Waals surface area contributed by atoms with Gasteiger partial charge >= 0.3 is 0 Å². The molecule has 0 aromatic heterocycles. The summed E-state index contributed by atoms with van der Waals surface area (Å²) in [6.07, 6.45) is 6.12. The first-order valence-corrected chi connectivity index (χ1v) is 10.3. The van der Waals surface area contributed by atoms with Gasteiger partial charge in [0, 0.05) is 22.3 Å². The van der Waals surface area contributed by atoms with Gasteiger partial charge in [-0.2, -0.15) is 0 Å². The Labute approximate surface area is 170 Å². The molecule has 0 radical (unpaired) electrons. The van der Waals surface area contributed by atoms with Gasteiger partial charge in [-0.15, -0.1) is 5.53 Å².